The number of carboxylic acid groups (broad SMARTS) is 1. The fourth-order valence-electron chi connectivity index (χ4n) is 2.72. The lowest BCUT2D eigenvalue weighted by Gasteiger charge is -2.19. The van der Waals surface area contributed by atoms with Gasteiger partial charge in [-0.3, -0.25) is 4.79 Å². The number of alkyl halides is 3. The highest BCUT2D eigenvalue weighted by Crippen LogP contribution is 2.17. The standard InChI is InChI=1S/C16H18N4O.C2HF3O2/c1-11-4-3-5-15(19-11)16(21)20-8-6-13-12(2)17-10-18-14(13)7-9-20;3-2(4,5)1(6)7/h3-5,10H,6-9H2,1-2H3;(H,6,7). The van der Waals surface area contributed by atoms with Crippen LogP contribution in [-0.2, 0) is 17.6 Å². The molecule has 0 unspecified atom stereocenters. The van der Waals surface area contributed by atoms with Gasteiger partial charge in [-0.15, -0.1) is 0 Å². The molecule has 0 fully saturated rings. The van der Waals surface area contributed by atoms with Gasteiger partial charge in [-0.25, -0.2) is 19.7 Å². The Morgan fingerprint density at radius 3 is 2.36 bits per heavy atom. The maximum Gasteiger partial charge on any atom is 0.490 e. The van der Waals surface area contributed by atoms with Crippen LogP contribution >= 0.6 is 0 Å². The molecule has 0 spiro atoms. The predicted molar refractivity (Wildman–Crippen MR) is 92.7 cm³/mol. The van der Waals surface area contributed by atoms with Crippen LogP contribution in [-0.4, -0.2) is 56.1 Å². The van der Waals surface area contributed by atoms with Gasteiger partial charge < -0.3 is 10.0 Å². The Kier molecular flexibility index (Phi) is 6.66. The van der Waals surface area contributed by atoms with Gasteiger partial charge in [0.2, 0.25) is 0 Å². The summed E-state index contributed by atoms with van der Waals surface area (Å²) in [5, 5.41) is 7.12. The average molecular weight is 396 g/mol. The molecule has 3 heterocycles. The molecule has 1 aliphatic heterocycles. The Morgan fingerprint density at radius 1 is 1.11 bits per heavy atom. The summed E-state index contributed by atoms with van der Waals surface area (Å²) in [5.74, 6) is -2.76. The number of fused-ring (bicyclic) bond motifs is 1. The molecular formula is C18H19F3N4O3. The lowest BCUT2D eigenvalue weighted by atomic mass is 10.1. The molecule has 0 bridgehead atoms. The Bertz CT molecular complexity index is 871. The van der Waals surface area contributed by atoms with Crippen molar-refractivity contribution in [2.24, 2.45) is 0 Å². The van der Waals surface area contributed by atoms with Crippen LogP contribution in [0.2, 0.25) is 0 Å². The second-order valence-corrected chi connectivity index (χ2v) is 6.14. The van der Waals surface area contributed by atoms with Crippen LogP contribution in [0.1, 0.15) is 33.1 Å². The zero-order valence-corrected chi connectivity index (χ0v) is 15.3. The molecule has 28 heavy (non-hydrogen) atoms. The number of hydrogen-bond donors (Lipinski definition) is 1. The average Bonchev–Trinajstić information content (AvgIpc) is 2.84. The van der Waals surface area contributed by atoms with Crippen molar-refractivity contribution in [3.8, 4) is 0 Å². The van der Waals surface area contributed by atoms with E-state index in [9.17, 15) is 18.0 Å². The zero-order chi connectivity index (χ0) is 20.9. The highest BCUT2D eigenvalue weighted by molar-refractivity contribution is 5.92. The van der Waals surface area contributed by atoms with Crippen LogP contribution in [0, 0.1) is 13.8 Å². The molecule has 1 aliphatic rings. The van der Waals surface area contributed by atoms with Crippen LogP contribution in [0.3, 0.4) is 0 Å². The first-order valence-corrected chi connectivity index (χ1v) is 8.42. The fourth-order valence-corrected chi connectivity index (χ4v) is 2.72. The Morgan fingerprint density at radius 2 is 1.75 bits per heavy atom. The van der Waals surface area contributed by atoms with E-state index in [1.54, 1.807) is 12.4 Å². The van der Waals surface area contributed by atoms with Crippen LogP contribution in [0.25, 0.3) is 0 Å². The summed E-state index contributed by atoms with van der Waals surface area (Å²) in [4.78, 5) is 36.3. The van der Waals surface area contributed by atoms with Crippen LogP contribution < -0.4 is 0 Å². The molecule has 0 saturated heterocycles. The van der Waals surface area contributed by atoms with Gasteiger partial charge in [0.1, 0.15) is 12.0 Å². The van der Waals surface area contributed by atoms with Gasteiger partial charge in [0.05, 0.1) is 0 Å². The lowest BCUT2D eigenvalue weighted by molar-refractivity contribution is -0.192. The molecule has 0 aromatic carbocycles. The minimum absolute atomic E-state index is 0.00267. The molecule has 3 rings (SSSR count). The monoisotopic (exact) mass is 396 g/mol. The second-order valence-electron chi connectivity index (χ2n) is 6.14. The number of hydrogen-bond acceptors (Lipinski definition) is 5. The van der Waals surface area contributed by atoms with Gasteiger partial charge in [0.15, 0.2) is 0 Å². The molecule has 0 saturated carbocycles. The highest BCUT2D eigenvalue weighted by atomic mass is 19.4. The number of carbonyl (C=O) groups is 2. The van der Waals surface area contributed by atoms with E-state index >= 15 is 0 Å². The largest absolute Gasteiger partial charge is 0.490 e. The van der Waals surface area contributed by atoms with Crippen molar-refractivity contribution < 1.29 is 27.9 Å². The molecular weight excluding hydrogens is 377 g/mol. The van der Waals surface area contributed by atoms with Crippen LogP contribution in [0.5, 0.6) is 0 Å². The number of aliphatic carboxylic acids is 1. The Labute approximate surface area is 159 Å². The summed E-state index contributed by atoms with van der Waals surface area (Å²) in [6.07, 6.45) is -1.90. The van der Waals surface area contributed by atoms with E-state index in [0.717, 1.165) is 29.9 Å². The zero-order valence-electron chi connectivity index (χ0n) is 15.3. The van der Waals surface area contributed by atoms with Gasteiger partial charge in [-0.1, -0.05) is 6.07 Å². The summed E-state index contributed by atoms with van der Waals surface area (Å²) in [6, 6.07) is 5.55. The van der Waals surface area contributed by atoms with Gasteiger partial charge >= 0.3 is 12.1 Å². The van der Waals surface area contributed by atoms with E-state index in [-0.39, 0.29) is 5.91 Å². The quantitative estimate of drug-likeness (QED) is 0.795. The highest BCUT2D eigenvalue weighted by Gasteiger charge is 2.38. The van der Waals surface area contributed by atoms with E-state index in [4.69, 9.17) is 9.90 Å². The first-order valence-electron chi connectivity index (χ1n) is 8.42. The maximum atomic E-state index is 12.6. The van der Waals surface area contributed by atoms with Gasteiger partial charge in [0, 0.05) is 36.6 Å². The van der Waals surface area contributed by atoms with E-state index in [2.05, 4.69) is 15.0 Å². The van der Waals surface area contributed by atoms with E-state index in [0.29, 0.717) is 18.8 Å². The number of pyridine rings is 1. The third-order valence-corrected chi connectivity index (χ3v) is 4.14. The SMILES string of the molecule is Cc1cccc(C(=O)N2CCc3ncnc(C)c3CC2)n1.O=C(O)C(F)(F)F. The first-order chi connectivity index (χ1) is 13.1. The predicted octanol–water partition coefficient (Wildman–Crippen LogP) is 2.36. The number of aromatic nitrogens is 3. The number of halogens is 3. The van der Waals surface area contributed by atoms with E-state index in [1.807, 2.05) is 30.9 Å². The molecule has 1 N–H and O–H groups in total. The van der Waals surface area contributed by atoms with Crippen molar-refractivity contribution in [3.05, 3.63) is 52.9 Å². The molecule has 7 nitrogen and oxygen atoms in total. The summed E-state index contributed by atoms with van der Waals surface area (Å²) >= 11 is 0. The number of carbonyl (C=O) groups excluding carboxylic acids is 1. The van der Waals surface area contributed by atoms with Crippen LogP contribution in [0.15, 0.2) is 24.5 Å². The third-order valence-electron chi connectivity index (χ3n) is 4.14. The van der Waals surface area contributed by atoms with Crippen molar-refractivity contribution in [1.29, 1.82) is 0 Å². The number of nitrogens with zero attached hydrogens (tertiary/aromatic N) is 4. The maximum absolute atomic E-state index is 12.6. The number of carboxylic acids is 1. The van der Waals surface area contributed by atoms with Crippen molar-refractivity contribution in [2.75, 3.05) is 13.1 Å². The van der Waals surface area contributed by atoms with E-state index in [1.165, 1.54) is 5.56 Å². The molecule has 1 amide bonds. The van der Waals surface area contributed by atoms with Gasteiger partial charge in [-0.2, -0.15) is 13.2 Å². The second kappa shape index (κ2) is 8.77. The minimum Gasteiger partial charge on any atom is -0.475 e. The van der Waals surface area contributed by atoms with Crippen LogP contribution in [0.4, 0.5) is 13.2 Å². The molecule has 0 aliphatic carbocycles. The normalized spacial score (nSPS) is 13.7. The molecule has 0 atom stereocenters. The summed E-state index contributed by atoms with van der Waals surface area (Å²) in [5.41, 5.74) is 4.65. The minimum atomic E-state index is -5.08. The van der Waals surface area contributed by atoms with E-state index < -0.39 is 12.1 Å². The topological polar surface area (TPSA) is 96.3 Å². The van der Waals surface area contributed by atoms with Crippen molar-refractivity contribution >= 4 is 11.9 Å². The molecule has 10 heteroatoms. The van der Waals surface area contributed by atoms with Crippen molar-refractivity contribution in [3.63, 3.8) is 0 Å². The Balaban J connectivity index is 0.000000345. The summed E-state index contributed by atoms with van der Waals surface area (Å²) in [7, 11) is 0. The third kappa shape index (κ3) is 5.48. The van der Waals surface area contributed by atoms with Gasteiger partial charge in [0.25, 0.3) is 5.91 Å². The molecule has 0 radical (unpaired) electrons. The number of rotatable bonds is 1. The number of aryl methyl sites for hydroxylation is 2. The molecule has 2 aromatic rings. The first kappa shape index (κ1) is 21.3. The van der Waals surface area contributed by atoms with Crippen molar-refractivity contribution in [2.45, 2.75) is 32.9 Å². The lowest BCUT2D eigenvalue weighted by Crippen LogP contribution is -2.34. The van der Waals surface area contributed by atoms with Crippen molar-refractivity contribution in [1.82, 2.24) is 19.9 Å². The Hall–Kier alpha value is -3.04. The fraction of sp³-hybridized carbons (Fsp3) is 0.389. The molecule has 2 aromatic heterocycles. The molecule has 150 valence electrons. The summed E-state index contributed by atoms with van der Waals surface area (Å²) < 4.78 is 31.7. The number of amides is 1. The van der Waals surface area contributed by atoms with Gasteiger partial charge in [-0.05, 0) is 38.0 Å². The summed E-state index contributed by atoms with van der Waals surface area (Å²) in [6.45, 7) is 5.27. The smallest absolute Gasteiger partial charge is 0.475 e.